The summed E-state index contributed by atoms with van der Waals surface area (Å²) in [5.41, 5.74) is 17.2. The predicted molar refractivity (Wildman–Crippen MR) is 205 cm³/mol. The smallest absolute Gasteiger partial charge is 0.154 e. The Labute approximate surface area is 283 Å². The van der Waals surface area contributed by atoms with E-state index in [1.165, 1.54) is 15.8 Å². The van der Waals surface area contributed by atoms with Crippen LogP contribution >= 0.6 is 11.3 Å². The van der Waals surface area contributed by atoms with Gasteiger partial charge in [0.1, 0.15) is 5.84 Å². The van der Waals surface area contributed by atoms with E-state index >= 15 is 0 Å². The molecule has 0 aliphatic rings. The van der Waals surface area contributed by atoms with Crippen LogP contribution in [0.1, 0.15) is 11.1 Å². The van der Waals surface area contributed by atoms with E-state index in [-0.39, 0.29) is 5.84 Å². The van der Waals surface area contributed by atoms with Crippen LogP contribution in [0.2, 0.25) is 0 Å². The van der Waals surface area contributed by atoms with Crippen molar-refractivity contribution in [3.63, 3.8) is 0 Å². The van der Waals surface area contributed by atoms with E-state index in [1.807, 2.05) is 48.5 Å². The van der Waals surface area contributed by atoms with Crippen molar-refractivity contribution in [3.8, 4) is 44.5 Å². The molecule has 0 saturated heterocycles. The summed E-state index contributed by atoms with van der Waals surface area (Å²) in [6, 6.07) is 58.7. The highest BCUT2D eigenvalue weighted by atomic mass is 32.1. The van der Waals surface area contributed by atoms with E-state index in [4.69, 9.17) is 5.73 Å². The minimum atomic E-state index is 0.136. The lowest BCUT2D eigenvalue weighted by molar-refractivity contribution is 1.41. The Bertz CT molecular complexity index is 2450. The number of rotatable bonds is 6. The molecule has 8 aromatic rings. The van der Waals surface area contributed by atoms with Gasteiger partial charge in [-0.05, 0) is 63.2 Å². The number of fused-ring (bicyclic) bond motifs is 3. The topological polar surface area (TPSA) is 62.2 Å². The second-order valence-electron chi connectivity index (χ2n) is 11.8. The second kappa shape index (κ2) is 12.6. The molecule has 228 valence electrons. The van der Waals surface area contributed by atoms with Crippen LogP contribution < -0.4 is 5.73 Å². The highest BCUT2D eigenvalue weighted by molar-refractivity contribution is 7.27. The molecule has 8 rings (SSSR count). The largest absolute Gasteiger partial charge is 0.383 e. The van der Waals surface area contributed by atoms with Gasteiger partial charge in [0.15, 0.2) is 5.84 Å². The van der Waals surface area contributed by atoms with E-state index in [9.17, 15) is 5.41 Å². The van der Waals surface area contributed by atoms with Gasteiger partial charge < -0.3 is 5.73 Å². The van der Waals surface area contributed by atoms with Crippen LogP contribution in [0.4, 0.5) is 0 Å². The summed E-state index contributed by atoms with van der Waals surface area (Å²) in [5, 5.41) is 11.4. The van der Waals surface area contributed by atoms with Crippen LogP contribution in [0.15, 0.2) is 175 Å². The number of nitrogens with two attached hydrogens (primary N) is 1. The average molecular weight is 634 g/mol. The molecular weight excluding hydrogens is 603 g/mol. The van der Waals surface area contributed by atoms with Gasteiger partial charge in [0.05, 0.1) is 0 Å². The predicted octanol–water partition coefficient (Wildman–Crippen LogP) is 11.5. The molecule has 0 saturated carbocycles. The monoisotopic (exact) mass is 633 g/mol. The highest BCUT2D eigenvalue weighted by Gasteiger charge is 2.21. The maximum atomic E-state index is 9.30. The third kappa shape index (κ3) is 5.49. The van der Waals surface area contributed by atoms with Crippen molar-refractivity contribution in [2.24, 2.45) is 10.7 Å². The van der Waals surface area contributed by atoms with E-state index < -0.39 is 0 Å². The molecule has 48 heavy (non-hydrogen) atoms. The standard InChI is InChI=1S/C44H31N3S/c45-43(32-20-11-4-12-21-32)47-44(46)37-25-24-36(34-23-13-22-33(26-34)29-14-5-1-6-15-29)42-40(37)39-28-35(30-16-7-2-8-17-30)27-38(41(39)48-42)31-18-9-3-10-19-31/h1-28H,(H3,45,46,47). The molecular formula is C44H31N3S. The van der Waals surface area contributed by atoms with E-state index in [0.29, 0.717) is 5.84 Å². The first-order chi connectivity index (χ1) is 23.6. The lowest BCUT2D eigenvalue weighted by atomic mass is 9.93. The SMILES string of the molecule is N=C(N=C(N)c1ccccc1)c1ccc(-c2cccc(-c3ccccc3)c2)c2sc3c(-c4ccccc4)cc(-c4ccccc4)cc3c12. The molecule has 0 radical (unpaired) electrons. The maximum absolute atomic E-state index is 9.30. The second-order valence-corrected chi connectivity index (χ2v) is 12.8. The minimum Gasteiger partial charge on any atom is -0.383 e. The first-order valence-electron chi connectivity index (χ1n) is 15.9. The van der Waals surface area contributed by atoms with Gasteiger partial charge in [-0.1, -0.05) is 146 Å². The lowest BCUT2D eigenvalue weighted by Crippen LogP contribution is -2.15. The number of hydrogen-bond acceptors (Lipinski definition) is 2. The Morgan fingerprint density at radius 1 is 0.479 bits per heavy atom. The van der Waals surface area contributed by atoms with Gasteiger partial charge in [-0.25, -0.2) is 4.99 Å². The van der Waals surface area contributed by atoms with Crippen LogP contribution in [0, 0.1) is 5.41 Å². The zero-order chi connectivity index (χ0) is 32.5. The van der Waals surface area contributed by atoms with Crippen LogP contribution in [-0.2, 0) is 0 Å². The fraction of sp³-hybridized carbons (Fsp3) is 0. The summed E-state index contributed by atoms with van der Waals surface area (Å²) in [4.78, 5) is 4.65. The molecule has 1 heterocycles. The molecule has 0 aliphatic heterocycles. The Morgan fingerprint density at radius 3 is 1.71 bits per heavy atom. The molecule has 1 aromatic heterocycles. The lowest BCUT2D eigenvalue weighted by Gasteiger charge is -2.11. The molecule has 0 aliphatic carbocycles. The summed E-state index contributed by atoms with van der Waals surface area (Å²) in [6.07, 6.45) is 0. The number of aliphatic imine (C=N–C) groups is 1. The minimum absolute atomic E-state index is 0.136. The third-order valence-corrected chi connectivity index (χ3v) is 10.0. The molecule has 3 N–H and O–H groups in total. The van der Waals surface area contributed by atoms with Crippen molar-refractivity contribution in [2.45, 2.75) is 0 Å². The fourth-order valence-corrected chi connectivity index (χ4v) is 7.77. The normalized spacial score (nSPS) is 11.6. The number of hydrogen-bond donors (Lipinski definition) is 2. The quantitative estimate of drug-likeness (QED) is 0.139. The molecule has 0 atom stereocenters. The van der Waals surface area contributed by atoms with Crippen molar-refractivity contribution >= 4 is 43.2 Å². The number of thiophene rings is 1. The molecule has 0 fully saturated rings. The summed E-state index contributed by atoms with van der Waals surface area (Å²) >= 11 is 1.78. The number of benzene rings is 7. The first kappa shape index (κ1) is 29.3. The van der Waals surface area contributed by atoms with Gasteiger partial charge in [-0.15, -0.1) is 11.3 Å². The Balaban J connectivity index is 1.42. The van der Waals surface area contributed by atoms with E-state index in [0.717, 1.165) is 60.0 Å². The summed E-state index contributed by atoms with van der Waals surface area (Å²) < 4.78 is 2.30. The van der Waals surface area contributed by atoms with Crippen LogP contribution in [-0.4, -0.2) is 11.7 Å². The average Bonchev–Trinajstić information content (AvgIpc) is 3.55. The summed E-state index contributed by atoms with van der Waals surface area (Å²) in [5.74, 6) is 0.458. The molecule has 0 amide bonds. The van der Waals surface area contributed by atoms with Crippen molar-refractivity contribution in [1.29, 1.82) is 5.41 Å². The van der Waals surface area contributed by atoms with Gasteiger partial charge in [0.25, 0.3) is 0 Å². The fourth-order valence-electron chi connectivity index (χ4n) is 6.39. The molecule has 0 unspecified atom stereocenters. The highest BCUT2D eigenvalue weighted by Crippen LogP contribution is 2.47. The first-order valence-corrected chi connectivity index (χ1v) is 16.7. The van der Waals surface area contributed by atoms with Gasteiger partial charge in [0, 0.05) is 36.9 Å². The molecule has 4 heteroatoms. The van der Waals surface area contributed by atoms with Gasteiger partial charge in [0.2, 0.25) is 0 Å². The Kier molecular flexibility index (Phi) is 7.69. The van der Waals surface area contributed by atoms with Crippen molar-refractivity contribution < 1.29 is 0 Å². The van der Waals surface area contributed by atoms with Crippen LogP contribution in [0.3, 0.4) is 0 Å². The Hall–Kier alpha value is -6.10. The van der Waals surface area contributed by atoms with Gasteiger partial charge >= 0.3 is 0 Å². The zero-order valence-corrected chi connectivity index (χ0v) is 26.9. The van der Waals surface area contributed by atoms with Crippen molar-refractivity contribution in [3.05, 3.63) is 181 Å². The molecule has 0 bridgehead atoms. The summed E-state index contributed by atoms with van der Waals surface area (Å²) in [7, 11) is 0. The van der Waals surface area contributed by atoms with Crippen molar-refractivity contribution in [1.82, 2.24) is 0 Å². The number of nitrogens with one attached hydrogen (secondary N) is 1. The summed E-state index contributed by atoms with van der Waals surface area (Å²) in [6.45, 7) is 0. The van der Waals surface area contributed by atoms with Crippen molar-refractivity contribution in [2.75, 3.05) is 0 Å². The van der Waals surface area contributed by atoms with E-state index in [1.54, 1.807) is 11.3 Å². The maximum Gasteiger partial charge on any atom is 0.154 e. The molecule has 7 aromatic carbocycles. The van der Waals surface area contributed by atoms with Gasteiger partial charge in [-0.2, -0.15) is 0 Å². The van der Waals surface area contributed by atoms with Gasteiger partial charge in [-0.3, -0.25) is 5.41 Å². The third-order valence-electron chi connectivity index (χ3n) is 8.75. The zero-order valence-electron chi connectivity index (χ0n) is 26.1. The number of nitrogens with zero attached hydrogens (tertiary/aromatic N) is 1. The Morgan fingerprint density at radius 2 is 1.04 bits per heavy atom. The van der Waals surface area contributed by atoms with Crippen LogP contribution in [0.25, 0.3) is 64.7 Å². The molecule has 0 spiro atoms. The van der Waals surface area contributed by atoms with Crippen LogP contribution in [0.5, 0.6) is 0 Å². The molecule has 3 nitrogen and oxygen atoms in total. The van der Waals surface area contributed by atoms with E-state index in [2.05, 4.69) is 126 Å². The number of amidine groups is 2.